The molecule has 0 atom stereocenters. The summed E-state index contributed by atoms with van der Waals surface area (Å²) in [5.74, 6) is 0.0346. The molecular formula is C23H23N3O2. The predicted octanol–water partition coefficient (Wildman–Crippen LogP) is 3.40. The van der Waals surface area contributed by atoms with Crippen molar-refractivity contribution in [3.63, 3.8) is 0 Å². The first-order valence-corrected chi connectivity index (χ1v) is 9.67. The molecule has 1 aromatic heterocycles. The molecule has 0 saturated carbocycles. The summed E-state index contributed by atoms with van der Waals surface area (Å²) in [6.07, 6.45) is 3.09. The van der Waals surface area contributed by atoms with Gasteiger partial charge in [-0.3, -0.25) is 14.6 Å². The predicted molar refractivity (Wildman–Crippen MR) is 109 cm³/mol. The summed E-state index contributed by atoms with van der Waals surface area (Å²) >= 11 is 0. The van der Waals surface area contributed by atoms with Crippen molar-refractivity contribution >= 4 is 22.6 Å². The van der Waals surface area contributed by atoms with Gasteiger partial charge in [-0.2, -0.15) is 0 Å². The Kier molecular flexibility index (Phi) is 5.33. The Morgan fingerprint density at radius 3 is 2.50 bits per heavy atom. The van der Waals surface area contributed by atoms with Crippen LogP contribution in [0.25, 0.3) is 10.8 Å². The van der Waals surface area contributed by atoms with Gasteiger partial charge in [0.15, 0.2) is 0 Å². The zero-order valence-electron chi connectivity index (χ0n) is 15.7. The Bertz CT molecular complexity index is 974. The molecule has 2 amide bonds. The van der Waals surface area contributed by atoms with Crippen molar-refractivity contribution in [2.75, 3.05) is 13.1 Å². The fraction of sp³-hybridized carbons (Fsp3) is 0.261. The van der Waals surface area contributed by atoms with E-state index < -0.39 is 0 Å². The number of carbonyl (C=O) groups is 2. The van der Waals surface area contributed by atoms with Gasteiger partial charge in [-0.05, 0) is 41.8 Å². The minimum absolute atomic E-state index is 0.0444. The monoisotopic (exact) mass is 373 g/mol. The molecular weight excluding hydrogens is 350 g/mol. The van der Waals surface area contributed by atoms with Crippen LogP contribution in [0.2, 0.25) is 0 Å². The molecule has 5 nitrogen and oxygen atoms in total. The molecule has 1 aliphatic heterocycles. The van der Waals surface area contributed by atoms with Crippen molar-refractivity contribution in [2.45, 2.75) is 19.4 Å². The number of rotatable bonds is 4. The number of benzene rings is 2. The van der Waals surface area contributed by atoms with Crippen molar-refractivity contribution in [1.29, 1.82) is 0 Å². The number of likely N-dealkylation sites (tertiary alicyclic amines) is 1. The average molecular weight is 373 g/mol. The maximum absolute atomic E-state index is 13.0. The highest BCUT2D eigenvalue weighted by Gasteiger charge is 2.28. The van der Waals surface area contributed by atoms with E-state index in [2.05, 4.69) is 10.3 Å². The topological polar surface area (TPSA) is 62.3 Å². The maximum Gasteiger partial charge on any atom is 0.254 e. The van der Waals surface area contributed by atoms with Gasteiger partial charge >= 0.3 is 0 Å². The minimum atomic E-state index is -0.0553. The van der Waals surface area contributed by atoms with E-state index in [1.54, 1.807) is 6.20 Å². The molecule has 0 radical (unpaired) electrons. The first kappa shape index (κ1) is 18.2. The van der Waals surface area contributed by atoms with Gasteiger partial charge in [-0.15, -0.1) is 0 Å². The number of fused-ring (bicyclic) bond motifs is 1. The third-order valence-electron chi connectivity index (χ3n) is 5.34. The van der Waals surface area contributed by atoms with Crippen molar-refractivity contribution in [3.8, 4) is 0 Å². The second kappa shape index (κ2) is 8.21. The lowest BCUT2D eigenvalue weighted by molar-refractivity contribution is -0.126. The van der Waals surface area contributed by atoms with Crippen LogP contribution in [0.15, 0.2) is 66.9 Å². The van der Waals surface area contributed by atoms with E-state index in [4.69, 9.17) is 0 Å². The van der Waals surface area contributed by atoms with E-state index in [0.29, 0.717) is 32.5 Å². The third kappa shape index (κ3) is 3.88. The number of pyridine rings is 1. The molecule has 2 heterocycles. The van der Waals surface area contributed by atoms with Gasteiger partial charge in [0, 0.05) is 30.8 Å². The summed E-state index contributed by atoms with van der Waals surface area (Å²) in [5, 5.41) is 5.01. The lowest BCUT2D eigenvalue weighted by Gasteiger charge is -2.31. The van der Waals surface area contributed by atoms with Gasteiger partial charge in [-0.1, -0.05) is 42.5 Å². The van der Waals surface area contributed by atoms with Crippen LogP contribution in [0.4, 0.5) is 0 Å². The Labute approximate surface area is 164 Å². The number of amides is 2. The molecule has 0 aliphatic carbocycles. The molecule has 0 unspecified atom stereocenters. The van der Waals surface area contributed by atoms with Crippen molar-refractivity contribution in [1.82, 2.24) is 15.2 Å². The van der Waals surface area contributed by atoms with Gasteiger partial charge in [0.25, 0.3) is 5.91 Å². The van der Waals surface area contributed by atoms with Gasteiger partial charge in [0.2, 0.25) is 5.91 Å². The van der Waals surface area contributed by atoms with Crippen LogP contribution in [0.5, 0.6) is 0 Å². The first-order chi connectivity index (χ1) is 13.7. The van der Waals surface area contributed by atoms with Crippen LogP contribution < -0.4 is 5.32 Å². The third-order valence-corrected chi connectivity index (χ3v) is 5.34. The Balaban J connectivity index is 1.36. The van der Waals surface area contributed by atoms with Gasteiger partial charge in [0.05, 0.1) is 12.2 Å². The SMILES string of the molecule is O=C(NCc1ccccn1)C1CCN(C(=O)c2cccc3ccccc23)CC1. The van der Waals surface area contributed by atoms with Gasteiger partial charge < -0.3 is 10.2 Å². The van der Waals surface area contributed by atoms with Crippen molar-refractivity contribution in [2.24, 2.45) is 5.92 Å². The summed E-state index contributed by atoms with van der Waals surface area (Å²) < 4.78 is 0. The molecule has 0 bridgehead atoms. The normalized spacial score (nSPS) is 14.8. The van der Waals surface area contributed by atoms with Crippen LogP contribution in [0.3, 0.4) is 0 Å². The zero-order chi connectivity index (χ0) is 19.3. The molecule has 142 valence electrons. The number of piperidine rings is 1. The largest absolute Gasteiger partial charge is 0.350 e. The highest BCUT2D eigenvalue weighted by molar-refractivity contribution is 6.07. The van der Waals surface area contributed by atoms with E-state index in [1.165, 1.54) is 0 Å². The molecule has 28 heavy (non-hydrogen) atoms. The summed E-state index contributed by atoms with van der Waals surface area (Å²) in [6, 6.07) is 19.4. The van der Waals surface area contributed by atoms with Gasteiger partial charge in [0.1, 0.15) is 0 Å². The fourth-order valence-electron chi connectivity index (χ4n) is 3.75. The van der Waals surface area contributed by atoms with E-state index in [9.17, 15) is 9.59 Å². The molecule has 1 N–H and O–H groups in total. The van der Waals surface area contributed by atoms with E-state index >= 15 is 0 Å². The van der Waals surface area contributed by atoms with Gasteiger partial charge in [-0.25, -0.2) is 0 Å². The molecule has 1 aliphatic rings. The molecule has 3 aromatic rings. The molecule has 0 spiro atoms. The molecule has 1 fully saturated rings. The van der Waals surface area contributed by atoms with Crippen molar-refractivity contribution in [3.05, 3.63) is 78.1 Å². The number of hydrogen-bond donors (Lipinski definition) is 1. The van der Waals surface area contributed by atoms with Crippen LogP contribution >= 0.6 is 0 Å². The summed E-state index contributed by atoms with van der Waals surface area (Å²) in [6.45, 7) is 1.64. The minimum Gasteiger partial charge on any atom is -0.350 e. The number of hydrogen-bond acceptors (Lipinski definition) is 3. The van der Waals surface area contributed by atoms with E-state index in [0.717, 1.165) is 22.0 Å². The highest BCUT2D eigenvalue weighted by atomic mass is 16.2. The maximum atomic E-state index is 13.0. The summed E-state index contributed by atoms with van der Waals surface area (Å²) in [7, 11) is 0. The fourth-order valence-corrected chi connectivity index (χ4v) is 3.75. The molecule has 4 rings (SSSR count). The first-order valence-electron chi connectivity index (χ1n) is 9.67. The number of aromatic nitrogens is 1. The Hall–Kier alpha value is -3.21. The van der Waals surface area contributed by atoms with Crippen molar-refractivity contribution < 1.29 is 9.59 Å². The van der Waals surface area contributed by atoms with Crippen LogP contribution in [-0.2, 0) is 11.3 Å². The second-order valence-electron chi connectivity index (χ2n) is 7.13. The van der Waals surface area contributed by atoms with Crippen LogP contribution in [0, 0.1) is 5.92 Å². The second-order valence-corrected chi connectivity index (χ2v) is 7.13. The highest BCUT2D eigenvalue weighted by Crippen LogP contribution is 2.23. The standard InChI is InChI=1S/C23H23N3O2/c27-22(25-16-19-8-3-4-13-24-19)18-11-14-26(15-12-18)23(28)21-10-5-7-17-6-1-2-9-20(17)21/h1-10,13,18H,11-12,14-16H2,(H,25,27). The van der Waals surface area contributed by atoms with E-state index in [-0.39, 0.29) is 17.7 Å². The quantitative estimate of drug-likeness (QED) is 0.762. The number of nitrogens with one attached hydrogen (secondary N) is 1. The number of carbonyl (C=O) groups excluding carboxylic acids is 2. The Morgan fingerprint density at radius 1 is 0.964 bits per heavy atom. The summed E-state index contributed by atoms with van der Waals surface area (Å²) in [4.78, 5) is 31.6. The van der Waals surface area contributed by atoms with Crippen LogP contribution in [-0.4, -0.2) is 34.8 Å². The van der Waals surface area contributed by atoms with Crippen LogP contribution in [0.1, 0.15) is 28.9 Å². The Morgan fingerprint density at radius 2 is 1.71 bits per heavy atom. The molecule has 5 heteroatoms. The lowest BCUT2D eigenvalue weighted by Crippen LogP contribution is -2.43. The average Bonchev–Trinajstić information content (AvgIpc) is 2.77. The molecule has 2 aromatic carbocycles. The smallest absolute Gasteiger partial charge is 0.254 e. The lowest BCUT2D eigenvalue weighted by atomic mass is 9.94. The molecule has 1 saturated heterocycles. The zero-order valence-corrected chi connectivity index (χ0v) is 15.7. The number of nitrogens with zero attached hydrogens (tertiary/aromatic N) is 2. The summed E-state index contributed by atoms with van der Waals surface area (Å²) in [5.41, 5.74) is 1.58. The van der Waals surface area contributed by atoms with E-state index in [1.807, 2.05) is 65.6 Å².